The lowest BCUT2D eigenvalue weighted by Gasteiger charge is -2.17. The third-order valence-corrected chi connectivity index (χ3v) is 3.87. The number of hydrogen-bond donors (Lipinski definition) is 0. The van der Waals surface area contributed by atoms with E-state index in [9.17, 15) is 8.78 Å². The molecule has 1 aromatic heterocycles. The monoisotopic (exact) mass is 363 g/mol. The smallest absolute Gasteiger partial charge is 0.257 e. The van der Waals surface area contributed by atoms with E-state index in [-0.39, 0.29) is 5.88 Å². The van der Waals surface area contributed by atoms with Crippen molar-refractivity contribution in [1.29, 1.82) is 0 Å². The SMILES string of the molecule is CCN(C)/C=N/c1cc(OC)c(OC(C)c2cc(F)cc(F)c2)nc1C. The molecule has 0 saturated carbocycles. The first kappa shape index (κ1) is 19.6. The van der Waals surface area contributed by atoms with Crippen molar-refractivity contribution in [3.05, 3.63) is 47.2 Å². The molecular formula is C19H23F2N3O2. The van der Waals surface area contributed by atoms with E-state index in [0.717, 1.165) is 12.6 Å². The maximum absolute atomic E-state index is 13.4. The van der Waals surface area contributed by atoms with Crippen LogP contribution in [-0.4, -0.2) is 36.9 Å². The minimum Gasteiger partial charge on any atom is -0.491 e. The van der Waals surface area contributed by atoms with Gasteiger partial charge < -0.3 is 14.4 Å². The van der Waals surface area contributed by atoms with E-state index in [1.807, 2.05) is 18.9 Å². The van der Waals surface area contributed by atoms with Gasteiger partial charge in [0.25, 0.3) is 5.88 Å². The van der Waals surface area contributed by atoms with Gasteiger partial charge in [-0.2, -0.15) is 0 Å². The first-order valence-corrected chi connectivity index (χ1v) is 8.26. The summed E-state index contributed by atoms with van der Waals surface area (Å²) in [4.78, 5) is 10.7. The molecule has 0 fully saturated rings. The van der Waals surface area contributed by atoms with Crippen LogP contribution in [-0.2, 0) is 0 Å². The second-order valence-corrected chi connectivity index (χ2v) is 5.88. The summed E-state index contributed by atoms with van der Waals surface area (Å²) in [6, 6.07) is 4.99. The third kappa shape index (κ3) is 4.91. The van der Waals surface area contributed by atoms with Crippen molar-refractivity contribution in [2.45, 2.75) is 26.9 Å². The molecule has 1 heterocycles. The van der Waals surface area contributed by atoms with Crippen LogP contribution in [0.5, 0.6) is 11.6 Å². The molecule has 0 N–H and O–H groups in total. The fourth-order valence-corrected chi connectivity index (χ4v) is 2.20. The standard InChI is InChI=1S/C19H23F2N3O2/c1-6-24(4)11-22-17-10-18(25-5)19(23-12(17)2)26-13(3)14-7-15(20)9-16(21)8-14/h7-11,13H,6H2,1-5H3/b22-11+. The van der Waals surface area contributed by atoms with Crippen LogP contribution in [0.25, 0.3) is 0 Å². The number of pyridine rings is 1. The molecule has 0 bridgehead atoms. The summed E-state index contributed by atoms with van der Waals surface area (Å²) < 4.78 is 37.9. The van der Waals surface area contributed by atoms with Gasteiger partial charge in [0.1, 0.15) is 17.7 Å². The molecule has 1 atom stereocenters. The second kappa shape index (κ2) is 8.60. The largest absolute Gasteiger partial charge is 0.491 e. The van der Waals surface area contributed by atoms with E-state index in [1.54, 1.807) is 26.3 Å². The fourth-order valence-electron chi connectivity index (χ4n) is 2.20. The lowest BCUT2D eigenvalue weighted by molar-refractivity contribution is 0.205. The maximum Gasteiger partial charge on any atom is 0.257 e. The lowest BCUT2D eigenvalue weighted by atomic mass is 10.1. The summed E-state index contributed by atoms with van der Waals surface area (Å²) in [6.07, 6.45) is 1.10. The van der Waals surface area contributed by atoms with E-state index in [1.165, 1.54) is 19.2 Å². The number of aryl methyl sites for hydroxylation is 1. The molecule has 0 saturated heterocycles. The Hall–Kier alpha value is -2.70. The number of benzene rings is 1. The molecule has 0 spiro atoms. The highest BCUT2D eigenvalue weighted by Gasteiger charge is 2.16. The van der Waals surface area contributed by atoms with E-state index in [4.69, 9.17) is 9.47 Å². The van der Waals surface area contributed by atoms with Gasteiger partial charge in [-0.1, -0.05) is 0 Å². The third-order valence-electron chi connectivity index (χ3n) is 3.87. The Morgan fingerprint density at radius 3 is 2.46 bits per heavy atom. The highest BCUT2D eigenvalue weighted by atomic mass is 19.1. The highest BCUT2D eigenvalue weighted by Crippen LogP contribution is 2.34. The predicted octanol–water partition coefficient (Wildman–Crippen LogP) is 4.43. The average molecular weight is 363 g/mol. The second-order valence-electron chi connectivity index (χ2n) is 5.88. The van der Waals surface area contributed by atoms with Crippen LogP contribution in [0.1, 0.15) is 31.2 Å². The Labute approximate surface area is 152 Å². The Balaban J connectivity index is 2.28. The Kier molecular flexibility index (Phi) is 6.49. The zero-order valence-electron chi connectivity index (χ0n) is 15.6. The molecule has 0 amide bonds. The summed E-state index contributed by atoms with van der Waals surface area (Å²) >= 11 is 0. The summed E-state index contributed by atoms with van der Waals surface area (Å²) in [5, 5.41) is 0. The Bertz CT molecular complexity index is 776. The molecule has 1 unspecified atom stereocenters. The van der Waals surface area contributed by atoms with Crippen molar-refractivity contribution in [1.82, 2.24) is 9.88 Å². The van der Waals surface area contributed by atoms with Gasteiger partial charge in [0, 0.05) is 25.7 Å². The first-order valence-electron chi connectivity index (χ1n) is 8.26. The lowest BCUT2D eigenvalue weighted by Crippen LogP contribution is -2.14. The van der Waals surface area contributed by atoms with Crippen molar-refractivity contribution >= 4 is 12.0 Å². The first-order chi connectivity index (χ1) is 12.3. The summed E-state index contributed by atoms with van der Waals surface area (Å²) in [5.74, 6) is -0.678. The van der Waals surface area contributed by atoms with Gasteiger partial charge in [0.2, 0.25) is 0 Å². The van der Waals surface area contributed by atoms with E-state index in [2.05, 4.69) is 9.98 Å². The van der Waals surface area contributed by atoms with Gasteiger partial charge in [-0.3, -0.25) is 0 Å². The summed E-state index contributed by atoms with van der Waals surface area (Å²) in [6.45, 7) is 6.34. The number of methoxy groups -OCH3 is 1. The molecule has 0 radical (unpaired) electrons. The number of aromatic nitrogens is 1. The zero-order chi connectivity index (χ0) is 19.3. The Morgan fingerprint density at radius 2 is 1.88 bits per heavy atom. The molecule has 26 heavy (non-hydrogen) atoms. The van der Waals surface area contributed by atoms with Gasteiger partial charge >= 0.3 is 0 Å². The molecule has 7 heteroatoms. The topological polar surface area (TPSA) is 47.0 Å². The zero-order valence-corrected chi connectivity index (χ0v) is 15.6. The minimum atomic E-state index is -0.656. The minimum absolute atomic E-state index is 0.241. The summed E-state index contributed by atoms with van der Waals surface area (Å²) in [5.41, 5.74) is 1.67. The van der Waals surface area contributed by atoms with Crippen LogP contribution in [0.4, 0.5) is 14.5 Å². The predicted molar refractivity (Wildman–Crippen MR) is 97.4 cm³/mol. The van der Waals surface area contributed by atoms with Gasteiger partial charge in [-0.15, -0.1) is 0 Å². The average Bonchev–Trinajstić information content (AvgIpc) is 2.59. The van der Waals surface area contributed by atoms with Gasteiger partial charge in [-0.25, -0.2) is 18.8 Å². The van der Waals surface area contributed by atoms with Crippen molar-refractivity contribution < 1.29 is 18.3 Å². The number of nitrogens with zero attached hydrogens (tertiary/aromatic N) is 3. The molecule has 140 valence electrons. The van der Waals surface area contributed by atoms with Gasteiger partial charge in [0.15, 0.2) is 5.75 Å². The number of halogens is 2. The van der Waals surface area contributed by atoms with Crippen LogP contribution in [0, 0.1) is 18.6 Å². The Morgan fingerprint density at radius 1 is 1.23 bits per heavy atom. The molecule has 0 aliphatic heterocycles. The van der Waals surface area contributed by atoms with Crippen molar-refractivity contribution in [3.63, 3.8) is 0 Å². The van der Waals surface area contributed by atoms with E-state index in [0.29, 0.717) is 22.7 Å². The molecule has 2 aromatic rings. The van der Waals surface area contributed by atoms with Crippen LogP contribution < -0.4 is 9.47 Å². The van der Waals surface area contributed by atoms with Crippen molar-refractivity contribution in [2.24, 2.45) is 4.99 Å². The summed E-state index contributed by atoms with van der Waals surface area (Å²) in [7, 11) is 3.41. The number of rotatable bonds is 7. The van der Waals surface area contributed by atoms with Crippen molar-refractivity contribution in [3.8, 4) is 11.6 Å². The van der Waals surface area contributed by atoms with Crippen molar-refractivity contribution in [2.75, 3.05) is 20.7 Å². The maximum atomic E-state index is 13.4. The van der Waals surface area contributed by atoms with Crippen LogP contribution in [0.3, 0.4) is 0 Å². The van der Waals surface area contributed by atoms with Crippen LogP contribution in [0.15, 0.2) is 29.3 Å². The molecule has 0 aliphatic rings. The molecule has 2 rings (SSSR count). The fraction of sp³-hybridized carbons (Fsp3) is 0.368. The quantitative estimate of drug-likeness (QED) is 0.539. The normalized spacial score (nSPS) is 12.3. The molecule has 0 aliphatic carbocycles. The highest BCUT2D eigenvalue weighted by molar-refractivity contribution is 5.63. The molecular weight excluding hydrogens is 340 g/mol. The van der Waals surface area contributed by atoms with Gasteiger partial charge in [-0.05, 0) is 38.5 Å². The van der Waals surface area contributed by atoms with Crippen LogP contribution in [0.2, 0.25) is 0 Å². The molecule has 1 aromatic carbocycles. The van der Waals surface area contributed by atoms with Gasteiger partial charge in [0.05, 0.1) is 24.8 Å². The number of aliphatic imine (C=N–C) groups is 1. The van der Waals surface area contributed by atoms with E-state index < -0.39 is 17.7 Å². The number of hydrogen-bond acceptors (Lipinski definition) is 4. The number of ether oxygens (including phenoxy) is 2. The molecule has 5 nitrogen and oxygen atoms in total. The van der Waals surface area contributed by atoms with E-state index >= 15 is 0 Å². The van der Waals surface area contributed by atoms with Crippen LogP contribution >= 0.6 is 0 Å².